The first-order valence-electron chi connectivity index (χ1n) is 18.3. The van der Waals surface area contributed by atoms with Crippen LogP contribution in [0.25, 0.3) is 0 Å². The highest BCUT2D eigenvalue weighted by Gasteiger charge is 2.86. The van der Waals surface area contributed by atoms with Gasteiger partial charge in [-0.25, -0.2) is 0 Å². The lowest BCUT2D eigenvalue weighted by Gasteiger charge is -2.64. The molecule has 5 N–H and O–H groups in total. The van der Waals surface area contributed by atoms with E-state index in [2.05, 4.69) is 27.7 Å². The Morgan fingerprint density at radius 3 is 2.25 bits per heavy atom. The maximum atomic E-state index is 14.3. The maximum absolute atomic E-state index is 14.3. The molecule has 2 saturated heterocycles. The molecular weight excluding hydrogens is 620 g/mol. The number of ketones is 1. The molecule has 2 spiro atoms. The quantitative estimate of drug-likeness (QED) is 0.152. The van der Waals surface area contributed by atoms with E-state index < -0.39 is 70.7 Å². The van der Waals surface area contributed by atoms with Crippen LogP contribution in [0.2, 0.25) is 0 Å². The number of epoxide rings is 1. The molecule has 0 aromatic carbocycles. The van der Waals surface area contributed by atoms with Gasteiger partial charge in [-0.05, 0) is 98.2 Å². The number of hydrogen-bond acceptors (Lipinski definition) is 11. The Balaban J connectivity index is 1.14. The van der Waals surface area contributed by atoms with Crippen molar-refractivity contribution in [2.45, 2.75) is 161 Å². The minimum Gasteiger partial charge on any atom is -0.460 e. The summed E-state index contributed by atoms with van der Waals surface area (Å²) < 4.78 is 23.6. The van der Waals surface area contributed by atoms with E-state index in [1.807, 2.05) is 20.8 Å². The molecule has 0 aromatic rings. The van der Waals surface area contributed by atoms with Gasteiger partial charge in [0.25, 0.3) is 0 Å². The molecule has 7 aliphatic rings. The number of rotatable bonds is 7. The van der Waals surface area contributed by atoms with Crippen molar-refractivity contribution >= 4 is 11.8 Å². The van der Waals surface area contributed by atoms with Gasteiger partial charge in [-0.3, -0.25) is 9.59 Å². The third kappa shape index (κ3) is 4.53. The fourth-order valence-corrected chi connectivity index (χ4v) is 13.2. The van der Waals surface area contributed by atoms with Gasteiger partial charge in [0.1, 0.15) is 36.6 Å². The van der Waals surface area contributed by atoms with Crippen LogP contribution in [0.5, 0.6) is 0 Å². The van der Waals surface area contributed by atoms with Crippen molar-refractivity contribution in [3.63, 3.8) is 0 Å². The number of esters is 1. The molecule has 272 valence electrons. The van der Waals surface area contributed by atoms with Gasteiger partial charge in [0.2, 0.25) is 0 Å². The van der Waals surface area contributed by atoms with Crippen molar-refractivity contribution < 1.29 is 54.1 Å². The van der Waals surface area contributed by atoms with Crippen LogP contribution in [0.1, 0.15) is 100 Å². The summed E-state index contributed by atoms with van der Waals surface area (Å²) in [6.07, 6.45) is -2.79. The van der Waals surface area contributed by atoms with E-state index in [-0.39, 0.29) is 59.2 Å². The molecule has 2 aliphatic heterocycles. The van der Waals surface area contributed by atoms with Crippen LogP contribution in [-0.2, 0) is 28.5 Å². The molecule has 0 bridgehead atoms. The molecule has 0 unspecified atom stereocenters. The van der Waals surface area contributed by atoms with Crippen molar-refractivity contribution in [3.8, 4) is 0 Å². The largest absolute Gasteiger partial charge is 0.460 e. The van der Waals surface area contributed by atoms with Gasteiger partial charge in [-0.15, -0.1) is 0 Å². The van der Waals surface area contributed by atoms with Gasteiger partial charge in [-0.2, -0.15) is 0 Å². The van der Waals surface area contributed by atoms with E-state index in [1.165, 1.54) is 6.92 Å². The second-order valence-corrected chi connectivity index (χ2v) is 18.5. The van der Waals surface area contributed by atoms with E-state index >= 15 is 0 Å². The Labute approximate surface area is 284 Å². The second kappa shape index (κ2) is 10.9. The first kappa shape index (κ1) is 35.2. The van der Waals surface area contributed by atoms with E-state index in [0.717, 1.165) is 25.7 Å². The normalized spacial score (nSPS) is 54.2. The number of fused-ring (bicyclic) bond motifs is 2. The number of ether oxygens (including phenoxy) is 4. The highest BCUT2D eigenvalue weighted by molar-refractivity contribution is 5.90. The van der Waals surface area contributed by atoms with E-state index in [1.54, 1.807) is 0 Å². The lowest BCUT2D eigenvalue weighted by molar-refractivity contribution is -0.305. The smallest absolute Gasteiger partial charge is 0.302 e. The summed E-state index contributed by atoms with van der Waals surface area (Å²) in [5.74, 6) is -1.32. The summed E-state index contributed by atoms with van der Waals surface area (Å²) in [4.78, 5) is 26.3. The molecule has 7 fully saturated rings. The van der Waals surface area contributed by atoms with Crippen LogP contribution < -0.4 is 0 Å². The highest BCUT2D eigenvalue weighted by atomic mass is 16.7. The molecule has 0 aromatic heterocycles. The fraction of sp³-hybridized carbons (Fsp3) is 0.946. The minimum atomic E-state index is -1.37. The average Bonchev–Trinajstić information content (AvgIpc) is 3.84. The van der Waals surface area contributed by atoms with Gasteiger partial charge >= 0.3 is 5.97 Å². The molecule has 5 saturated carbocycles. The molecule has 2 heterocycles. The summed E-state index contributed by atoms with van der Waals surface area (Å²) in [7, 11) is 0. The molecule has 11 heteroatoms. The molecule has 5 aliphatic carbocycles. The zero-order valence-electron chi connectivity index (χ0n) is 29.8. The van der Waals surface area contributed by atoms with E-state index in [0.29, 0.717) is 19.3 Å². The number of aliphatic hydroxyl groups is 5. The number of carbonyl (C=O) groups excluding carboxylic acids is 2. The van der Waals surface area contributed by atoms with Crippen LogP contribution in [0.15, 0.2) is 0 Å². The number of hydrogen-bond donors (Lipinski definition) is 5. The lowest BCUT2D eigenvalue weighted by Crippen LogP contribution is -2.64. The molecule has 17 atom stereocenters. The SMILES string of the molecule is CC(=O)O[C@@H](C[C@@H](C)[C@H]1C(=O)[C@H](O)[C@@]2(C)[C@@H]3[C@@H](O)C[C@H]4C(C)(C)[C@@H](O[C@H]5OC[C@H](O)[C@@H](O)[C@@H]5O)CC[C@@]45C[C@@]35CC[C@]12C)[C@@H]1OC1(C)C. The van der Waals surface area contributed by atoms with Crippen LogP contribution in [0.3, 0.4) is 0 Å². The third-order valence-electron chi connectivity index (χ3n) is 15.6. The van der Waals surface area contributed by atoms with Gasteiger partial charge < -0.3 is 44.5 Å². The zero-order chi connectivity index (χ0) is 35.1. The Kier molecular flexibility index (Phi) is 8.01. The highest BCUT2D eigenvalue weighted by Crippen LogP contribution is 2.89. The summed E-state index contributed by atoms with van der Waals surface area (Å²) in [5.41, 5.74) is -2.47. The minimum absolute atomic E-state index is 0.0614. The fourth-order valence-electron chi connectivity index (χ4n) is 13.2. The summed E-state index contributed by atoms with van der Waals surface area (Å²) in [5, 5.41) is 55.1. The summed E-state index contributed by atoms with van der Waals surface area (Å²) in [6.45, 7) is 15.8. The third-order valence-corrected chi connectivity index (χ3v) is 15.6. The number of aliphatic hydroxyl groups excluding tert-OH is 5. The van der Waals surface area contributed by atoms with Crippen LogP contribution in [0.4, 0.5) is 0 Å². The van der Waals surface area contributed by atoms with Crippen LogP contribution in [-0.4, -0.2) is 105 Å². The van der Waals surface area contributed by atoms with Gasteiger partial charge in [0.15, 0.2) is 12.1 Å². The van der Waals surface area contributed by atoms with Crippen molar-refractivity contribution in [3.05, 3.63) is 0 Å². The average molecular weight is 679 g/mol. The topological polar surface area (TPSA) is 176 Å². The van der Waals surface area contributed by atoms with Crippen molar-refractivity contribution in [1.29, 1.82) is 0 Å². The maximum Gasteiger partial charge on any atom is 0.302 e. The van der Waals surface area contributed by atoms with Crippen molar-refractivity contribution in [1.82, 2.24) is 0 Å². The molecule has 7 rings (SSSR count). The standard InChI is InChI=1S/C37H58O11/c1-17(13-21(46-18(2)38)30-33(5,6)48-30)24-26(42)29(44)35(8)28-19(39)14-22-32(3,4)23(47-31-27(43)25(41)20(40)15-45-31)9-10-36(22)16-37(28,36)12-11-34(24,35)7/h17,19-25,27-31,39-41,43-44H,9-16H2,1-8H3/t17-,19+,20+,21+,22+,23+,24+,25-,27+,28+,29+,30+,31-,34-,35-,36-,37+/m1/s1. The monoisotopic (exact) mass is 678 g/mol. The summed E-state index contributed by atoms with van der Waals surface area (Å²) >= 11 is 0. The molecule has 11 nitrogen and oxygen atoms in total. The first-order chi connectivity index (χ1) is 22.2. The predicted molar refractivity (Wildman–Crippen MR) is 171 cm³/mol. The molecule has 0 radical (unpaired) electrons. The first-order valence-corrected chi connectivity index (χ1v) is 18.3. The Bertz CT molecular complexity index is 1330. The Hall–Kier alpha value is -1.18. The van der Waals surface area contributed by atoms with Gasteiger partial charge in [-0.1, -0.05) is 34.6 Å². The zero-order valence-corrected chi connectivity index (χ0v) is 29.8. The van der Waals surface area contributed by atoms with Crippen LogP contribution in [0, 0.1) is 50.7 Å². The van der Waals surface area contributed by atoms with Crippen molar-refractivity contribution in [2.24, 2.45) is 50.7 Å². The summed E-state index contributed by atoms with van der Waals surface area (Å²) in [6, 6.07) is 0. The Morgan fingerprint density at radius 2 is 1.62 bits per heavy atom. The van der Waals surface area contributed by atoms with Crippen molar-refractivity contribution in [2.75, 3.05) is 6.61 Å². The lowest BCUT2D eigenvalue weighted by atomic mass is 9.40. The molecule has 48 heavy (non-hydrogen) atoms. The van der Waals surface area contributed by atoms with Gasteiger partial charge in [0.05, 0.1) is 24.4 Å². The molecular formula is C37H58O11. The predicted octanol–water partition coefficient (Wildman–Crippen LogP) is 2.51. The Morgan fingerprint density at radius 1 is 0.958 bits per heavy atom. The molecule has 0 amide bonds. The van der Waals surface area contributed by atoms with Crippen LogP contribution >= 0.6 is 0 Å². The van der Waals surface area contributed by atoms with E-state index in [4.69, 9.17) is 18.9 Å². The van der Waals surface area contributed by atoms with Gasteiger partial charge in [0, 0.05) is 18.3 Å². The number of Topliss-reactive ketones (excluding diaryl/α,β-unsaturated/α-hetero) is 1. The van der Waals surface area contributed by atoms with E-state index in [9.17, 15) is 35.1 Å². The number of carbonyl (C=O) groups is 2. The second-order valence-electron chi connectivity index (χ2n) is 18.5.